The van der Waals surface area contributed by atoms with Crippen molar-refractivity contribution in [3.05, 3.63) is 66.0 Å². The first-order valence-electron chi connectivity index (χ1n) is 10.2. The molecule has 5 heteroatoms. The molecular formula is C23H28FN3O. The summed E-state index contributed by atoms with van der Waals surface area (Å²) in [5, 5.41) is 0. The van der Waals surface area contributed by atoms with Gasteiger partial charge in [-0.3, -0.25) is 9.69 Å². The van der Waals surface area contributed by atoms with Crippen LogP contribution >= 0.6 is 0 Å². The van der Waals surface area contributed by atoms with Crippen LogP contribution in [0.2, 0.25) is 0 Å². The Morgan fingerprint density at radius 3 is 2.54 bits per heavy atom. The summed E-state index contributed by atoms with van der Waals surface area (Å²) < 4.78 is 13.4. The Morgan fingerprint density at radius 1 is 0.929 bits per heavy atom. The van der Waals surface area contributed by atoms with Crippen molar-refractivity contribution in [1.82, 2.24) is 9.80 Å². The summed E-state index contributed by atoms with van der Waals surface area (Å²) in [4.78, 5) is 19.3. The minimum atomic E-state index is -0.164. The average Bonchev–Trinajstić information content (AvgIpc) is 2.91. The highest BCUT2D eigenvalue weighted by atomic mass is 19.1. The first-order valence-corrected chi connectivity index (χ1v) is 10.2. The molecule has 1 atom stereocenters. The van der Waals surface area contributed by atoms with Gasteiger partial charge in [0.2, 0.25) is 5.91 Å². The van der Waals surface area contributed by atoms with Crippen LogP contribution in [0.3, 0.4) is 0 Å². The molecule has 4 rings (SSSR count). The molecule has 2 aliphatic rings. The van der Waals surface area contributed by atoms with Crippen molar-refractivity contribution in [2.75, 3.05) is 44.2 Å². The van der Waals surface area contributed by atoms with Crippen LogP contribution in [0.4, 0.5) is 10.1 Å². The van der Waals surface area contributed by atoms with Crippen molar-refractivity contribution < 1.29 is 9.18 Å². The molecule has 0 N–H and O–H groups in total. The third kappa shape index (κ3) is 4.78. The molecule has 0 radical (unpaired) electrons. The maximum atomic E-state index is 13.4. The van der Waals surface area contributed by atoms with Crippen LogP contribution in [0.5, 0.6) is 0 Å². The first kappa shape index (κ1) is 19.1. The predicted molar refractivity (Wildman–Crippen MR) is 110 cm³/mol. The molecule has 0 saturated carbocycles. The molecule has 2 aromatic carbocycles. The predicted octanol–water partition coefficient (Wildman–Crippen LogP) is 3.39. The summed E-state index contributed by atoms with van der Waals surface area (Å²) in [6, 6.07) is 16.9. The smallest absolute Gasteiger partial charge is 0.227 e. The van der Waals surface area contributed by atoms with E-state index in [-0.39, 0.29) is 11.7 Å². The van der Waals surface area contributed by atoms with Gasteiger partial charge in [0.05, 0.1) is 0 Å². The van der Waals surface area contributed by atoms with Gasteiger partial charge in [0.1, 0.15) is 5.82 Å². The lowest BCUT2D eigenvalue weighted by Gasteiger charge is -2.24. The van der Waals surface area contributed by atoms with Crippen molar-refractivity contribution in [2.24, 2.45) is 5.92 Å². The highest BCUT2D eigenvalue weighted by Crippen LogP contribution is 2.25. The molecule has 2 aliphatic heterocycles. The number of hydrogen-bond donors (Lipinski definition) is 0. The van der Waals surface area contributed by atoms with Gasteiger partial charge in [0, 0.05) is 44.8 Å². The second-order valence-electron chi connectivity index (χ2n) is 7.97. The normalized spacial score (nSPS) is 21.8. The van der Waals surface area contributed by atoms with E-state index in [2.05, 4.69) is 9.80 Å². The number of halogens is 1. The quantitative estimate of drug-likeness (QED) is 0.794. The Kier molecular flexibility index (Phi) is 6.03. The van der Waals surface area contributed by atoms with E-state index >= 15 is 0 Å². The Labute approximate surface area is 166 Å². The van der Waals surface area contributed by atoms with E-state index in [1.165, 1.54) is 6.07 Å². The average molecular weight is 381 g/mol. The number of anilines is 1. The van der Waals surface area contributed by atoms with E-state index in [0.29, 0.717) is 12.3 Å². The fourth-order valence-corrected chi connectivity index (χ4v) is 4.39. The molecule has 4 nitrogen and oxygen atoms in total. The van der Waals surface area contributed by atoms with E-state index in [1.54, 1.807) is 12.1 Å². The zero-order valence-corrected chi connectivity index (χ0v) is 16.3. The number of hydrogen-bond acceptors (Lipinski definition) is 3. The van der Waals surface area contributed by atoms with Crippen molar-refractivity contribution >= 4 is 11.6 Å². The third-order valence-electron chi connectivity index (χ3n) is 5.77. The molecular weight excluding hydrogens is 353 g/mol. The maximum absolute atomic E-state index is 13.4. The Hall–Kier alpha value is -2.24. The van der Waals surface area contributed by atoms with Gasteiger partial charge in [-0.25, -0.2) is 4.39 Å². The molecule has 0 aromatic heterocycles. The molecule has 1 amide bonds. The van der Waals surface area contributed by atoms with Crippen LogP contribution in [-0.2, 0) is 11.3 Å². The minimum Gasteiger partial charge on any atom is -0.312 e. The highest BCUT2D eigenvalue weighted by molar-refractivity contribution is 5.95. The van der Waals surface area contributed by atoms with Gasteiger partial charge in [0.25, 0.3) is 0 Å². The molecule has 2 saturated heterocycles. The van der Waals surface area contributed by atoms with Crippen molar-refractivity contribution in [2.45, 2.75) is 19.4 Å². The largest absolute Gasteiger partial charge is 0.312 e. The van der Waals surface area contributed by atoms with E-state index in [0.717, 1.165) is 63.5 Å². The van der Waals surface area contributed by atoms with Crippen LogP contribution in [0.1, 0.15) is 18.4 Å². The van der Waals surface area contributed by atoms with Gasteiger partial charge in [-0.15, -0.1) is 0 Å². The third-order valence-corrected chi connectivity index (χ3v) is 5.77. The molecule has 0 unspecified atom stereocenters. The van der Waals surface area contributed by atoms with Crippen LogP contribution in [0.25, 0.3) is 0 Å². The van der Waals surface area contributed by atoms with Gasteiger partial charge in [0.15, 0.2) is 0 Å². The Morgan fingerprint density at radius 2 is 1.71 bits per heavy atom. The summed E-state index contributed by atoms with van der Waals surface area (Å²) in [5.41, 5.74) is 2.04. The van der Waals surface area contributed by atoms with E-state index in [4.69, 9.17) is 0 Å². The van der Waals surface area contributed by atoms with E-state index < -0.39 is 0 Å². The topological polar surface area (TPSA) is 26.8 Å². The molecule has 28 heavy (non-hydrogen) atoms. The van der Waals surface area contributed by atoms with Crippen LogP contribution in [0, 0.1) is 11.7 Å². The van der Waals surface area contributed by atoms with Gasteiger partial charge in [-0.05, 0) is 55.3 Å². The number of amides is 1. The summed E-state index contributed by atoms with van der Waals surface area (Å²) in [7, 11) is 0. The minimum absolute atomic E-state index is 0.164. The lowest BCUT2D eigenvalue weighted by atomic mass is 10.1. The lowest BCUT2D eigenvalue weighted by Crippen LogP contribution is -2.34. The number of carbonyl (C=O) groups excluding carboxylic acids is 1. The van der Waals surface area contributed by atoms with Gasteiger partial charge < -0.3 is 9.80 Å². The summed E-state index contributed by atoms with van der Waals surface area (Å²) in [6.07, 6.45) is 1.75. The summed E-state index contributed by atoms with van der Waals surface area (Å²) in [6.45, 7) is 6.68. The molecule has 0 bridgehead atoms. The highest BCUT2D eigenvalue weighted by Gasteiger charge is 2.32. The van der Waals surface area contributed by atoms with Crippen molar-refractivity contribution in [1.29, 1.82) is 0 Å². The van der Waals surface area contributed by atoms with Crippen LogP contribution in [-0.4, -0.2) is 55.0 Å². The van der Waals surface area contributed by atoms with Gasteiger partial charge >= 0.3 is 0 Å². The number of para-hydroxylation sites is 1. The molecule has 0 aliphatic carbocycles. The number of rotatable bonds is 5. The van der Waals surface area contributed by atoms with Crippen molar-refractivity contribution in [3.63, 3.8) is 0 Å². The zero-order chi connectivity index (χ0) is 19.3. The number of carbonyl (C=O) groups is 1. The molecule has 0 spiro atoms. The Balaban J connectivity index is 1.29. The summed E-state index contributed by atoms with van der Waals surface area (Å²) >= 11 is 0. The Bertz CT molecular complexity index is 797. The van der Waals surface area contributed by atoms with E-state index in [9.17, 15) is 9.18 Å². The van der Waals surface area contributed by atoms with Crippen LogP contribution in [0.15, 0.2) is 54.6 Å². The molecule has 2 heterocycles. The molecule has 2 aromatic rings. The molecule has 2 fully saturated rings. The fraction of sp³-hybridized carbons (Fsp3) is 0.435. The van der Waals surface area contributed by atoms with Gasteiger partial charge in [-0.1, -0.05) is 30.3 Å². The second-order valence-corrected chi connectivity index (χ2v) is 7.97. The standard InChI is InChI=1S/C23H28FN3O/c24-21-7-4-6-19(14-21)16-25-10-5-11-26(13-12-25)17-20-15-23(28)27(18-20)22-8-2-1-3-9-22/h1-4,6-9,14,20H,5,10-13,15-18H2/t20-/m0/s1. The summed E-state index contributed by atoms with van der Waals surface area (Å²) in [5.74, 6) is 0.462. The number of benzene rings is 2. The van der Waals surface area contributed by atoms with Crippen molar-refractivity contribution in [3.8, 4) is 0 Å². The second kappa shape index (κ2) is 8.84. The lowest BCUT2D eigenvalue weighted by molar-refractivity contribution is -0.117. The maximum Gasteiger partial charge on any atom is 0.227 e. The number of nitrogens with zero attached hydrogens (tertiary/aromatic N) is 3. The fourth-order valence-electron chi connectivity index (χ4n) is 4.39. The first-order chi connectivity index (χ1) is 13.7. The van der Waals surface area contributed by atoms with Gasteiger partial charge in [-0.2, -0.15) is 0 Å². The zero-order valence-electron chi connectivity index (χ0n) is 16.3. The molecule has 148 valence electrons. The SMILES string of the molecule is O=C1C[C@@H](CN2CCCN(Cc3cccc(F)c3)CC2)CN1c1ccccc1. The monoisotopic (exact) mass is 381 g/mol. The van der Waals surface area contributed by atoms with Crippen LogP contribution < -0.4 is 4.90 Å². The van der Waals surface area contributed by atoms with E-state index in [1.807, 2.05) is 41.3 Å².